The van der Waals surface area contributed by atoms with Crippen molar-refractivity contribution >= 4 is 22.6 Å². The molecular formula is C33H35N. The standard InChI is InChI=1S/C33H35N/c1-8-22(2)17-19-25-23(3)32(4,5)29-21-24(18-20-26(25)29)34-30-15-11-9-13-27(30)33(6,7)28-14-10-12-16-31(28)34/h8-21,23H,1H2,2-7H3. The number of anilines is 3. The Labute approximate surface area is 205 Å². The highest BCUT2D eigenvalue weighted by molar-refractivity contribution is 5.88. The zero-order valence-electron chi connectivity index (χ0n) is 21.3. The Hall–Kier alpha value is -3.32. The van der Waals surface area contributed by atoms with Crippen molar-refractivity contribution in [3.05, 3.63) is 119 Å². The first-order valence-electron chi connectivity index (χ1n) is 12.3. The van der Waals surface area contributed by atoms with Crippen molar-refractivity contribution in [2.75, 3.05) is 4.90 Å². The average Bonchev–Trinajstić information content (AvgIpc) is 3.02. The summed E-state index contributed by atoms with van der Waals surface area (Å²) in [5.74, 6) is 0.437. The largest absolute Gasteiger partial charge is 0.310 e. The molecule has 5 rings (SSSR count). The van der Waals surface area contributed by atoms with Crippen LogP contribution in [0.5, 0.6) is 0 Å². The number of allylic oxidation sites excluding steroid dienone is 5. The van der Waals surface area contributed by atoms with Gasteiger partial charge in [-0.3, -0.25) is 0 Å². The Morgan fingerprint density at radius 2 is 1.44 bits per heavy atom. The molecule has 1 heteroatoms. The van der Waals surface area contributed by atoms with Crippen LogP contribution in [-0.4, -0.2) is 0 Å². The predicted molar refractivity (Wildman–Crippen MR) is 147 cm³/mol. The molecule has 1 unspecified atom stereocenters. The van der Waals surface area contributed by atoms with Crippen molar-refractivity contribution in [2.45, 2.75) is 52.4 Å². The normalized spacial score (nSPS) is 21.1. The third-order valence-corrected chi connectivity index (χ3v) is 8.30. The van der Waals surface area contributed by atoms with E-state index in [1.54, 1.807) is 0 Å². The van der Waals surface area contributed by atoms with E-state index in [1.165, 1.54) is 50.5 Å². The average molecular weight is 446 g/mol. The lowest BCUT2D eigenvalue weighted by Crippen LogP contribution is -2.30. The number of para-hydroxylation sites is 2. The van der Waals surface area contributed by atoms with E-state index in [1.807, 2.05) is 6.08 Å². The Bertz CT molecular complexity index is 1300. The van der Waals surface area contributed by atoms with Crippen LogP contribution in [0.1, 0.15) is 63.8 Å². The Morgan fingerprint density at radius 1 is 0.853 bits per heavy atom. The molecule has 0 saturated carbocycles. The minimum atomic E-state index is -0.0422. The molecule has 0 radical (unpaired) electrons. The molecule has 0 aromatic heterocycles. The van der Waals surface area contributed by atoms with Gasteiger partial charge in [0.25, 0.3) is 0 Å². The van der Waals surface area contributed by atoms with Crippen LogP contribution in [-0.2, 0) is 10.8 Å². The minimum Gasteiger partial charge on any atom is -0.310 e. The number of rotatable bonds is 3. The molecule has 1 atom stereocenters. The van der Waals surface area contributed by atoms with Crippen LogP contribution in [0.4, 0.5) is 17.1 Å². The van der Waals surface area contributed by atoms with E-state index in [0.29, 0.717) is 5.92 Å². The van der Waals surface area contributed by atoms with E-state index < -0.39 is 0 Å². The topological polar surface area (TPSA) is 3.24 Å². The van der Waals surface area contributed by atoms with E-state index in [2.05, 4.69) is 132 Å². The van der Waals surface area contributed by atoms with E-state index in [-0.39, 0.29) is 10.8 Å². The molecule has 0 spiro atoms. The molecule has 172 valence electrons. The number of hydrogen-bond donors (Lipinski definition) is 0. The maximum absolute atomic E-state index is 3.91. The van der Waals surface area contributed by atoms with E-state index in [9.17, 15) is 0 Å². The highest BCUT2D eigenvalue weighted by Gasteiger charge is 2.41. The predicted octanol–water partition coefficient (Wildman–Crippen LogP) is 9.24. The van der Waals surface area contributed by atoms with Gasteiger partial charge in [0, 0.05) is 11.1 Å². The molecule has 1 nitrogen and oxygen atoms in total. The van der Waals surface area contributed by atoms with Crippen LogP contribution < -0.4 is 4.90 Å². The Balaban J connectivity index is 1.71. The molecule has 3 aromatic rings. The second-order valence-corrected chi connectivity index (χ2v) is 10.9. The third-order valence-electron chi connectivity index (χ3n) is 8.30. The maximum Gasteiger partial charge on any atom is 0.0502 e. The van der Waals surface area contributed by atoms with Crippen LogP contribution in [0.25, 0.3) is 5.57 Å². The molecule has 1 aliphatic heterocycles. The summed E-state index contributed by atoms with van der Waals surface area (Å²) in [4.78, 5) is 2.46. The quantitative estimate of drug-likeness (QED) is 0.363. The molecule has 1 aliphatic carbocycles. The maximum atomic E-state index is 3.91. The summed E-state index contributed by atoms with van der Waals surface area (Å²) in [6.07, 6.45) is 6.40. The van der Waals surface area contributed by atoms with E-state index in [4.69, 9.17) is 0 Å². The fourth-order valence-electron chi connectivity index (χ4n) is 5.78. The Kier molecular flexibility index (Phi) is 5.20. The number of benzene rings is 3. The van der Waals surface area contributed by atoms with Gasteiger partial charge in [-0.1, -0.05) is 107 Å². The molecule has 1 heterocycles. The molecule has 0 bridgehead atoms. The van der Waals surface area contributed by atoms with Crippen molar-refractivity contribution in [3.8, 4) is 0 Å². The van der Waals surface area contributed by atoms with Gasteiger partial charge in [-0.2, -0.15) is 0 Å². The van der Waals surface area contributed by atoms with Gasteiger partial charge < -0.3 is 4.90 Å². The van der Waals surface area contributed by atoms with Crippen LogP contribution in [0.2, 0.25) is 0 Å². The van der Waals surface area contributed by atoms with Crippen molar-refractivity contribution in [1.82, 2.24) is 0 Å². The molecule has 34 heavy (non-hydrogen) atoms. The van der Waals surface area contributed by atoms with Crippen LogP contribution in [0.3, 0.4) is 0 Å². The SMILES string of the molecule is C=CC(C)=CC=C1c2ccc(N3c4ccccc4C(C)(C)c4ccccc43)cc2C(C)(C)C1C. The lowest BCUT2D eigenvalue weighted by atomic mass is 9.73. The van der Waals surface area contributed by atoms with Gasteiger partial charge in [0.1, 0.15) is 0 Å². The summed E-state index contributed by atoms with van der Waals surface area (Å²) < 4.78 is 0. The second kappa shape index (κ2) is 7.87. The lowest BCUT2D eigenvalue weighted by molar-refractivity contribution is 0.442. The number of fused-ring (bicyclic) bond motifs is 3. The zero-order chi connectivity index (χ0) is 24.3. The highest BCUT2D eigenvalue weighted by atomic mass is 15.2. The van der Waals surface area contributed by atoms with Gasteiger partial charge in [0.2, 0.25) is 0 Å². The number of hydrogen-bond acceptors (Lipinski definition) is 1. The van der Waals surface area contributed by atoms with Gasteiger partial charge in [-0.15, -0.1) is 0 Å². The minimum absolute atomic E-state index is 0.0422. The van der Waals surface area contributed by atoms with Gasteiger partial charge in [0.15, 0.2) is 0 Å². The molecule has 0 fully saturated rings. The summed E-state index contributed by atoms with van der Waals surface area (Å²) in [5, 5.41) is 0. The van der Waals surface area contributed by atoms with Crippen LogP contribution in [0, 0.1) is 5.92 Å². The van der Waals surface area contributed by atoms with Crippen molar-refractivity contribution in [2.24, 2.45) is 5.92 Å². The number of nitrogens with zero attached hydrogens (tertiary/aromatic N) is 1. The first kappa shape index (κ1) is 22.5. The summed E-state index contributed by atoms with van der Waals surface area (Å²) in [7, 11) is 0. The molecule has 2 aliphatic rings. The molecular weight excluding hydrogens is 410 g/mol. The monoisotopic (exact) mass is 445 g/mol. The first-order chi connectivity index (χ1) is 16.2. The molecule has 3 aromatic carbocycles. The van der Waals surface area contributed by atoms with Crippen molar-refractivity contribution in [3.63, 3.8) is 0 Å². The highest BCUT2D eigenvalue weighted by Crippen LogP contribution is 2.54. The van der Waals surface area contributed by atoms with Crippen molar-refractivity contribution in [1.29, 1.82) is 0 Å². The third kappa shape index (κ3) is 3.21. The second-order valence-electron chi connectivity index (χ2n) is 10.9. The van der Waals surface area contributed by atoms with Gasteiger partial charge in [-0.25, -0.2) is 0 Å². The molecule has 0 amide bonds. The van der Waals surface area contributed by atoms with Crippen LogP contribution >= 0.6 is 0 Å². The molecule has 0 N–H and O–H groups in total. The zero-order valence-corrected chi connectivity index (χ0v) is 21.3. The van der Waals surface area contributed by atoms with Gasteiger partial charge in [-0.05, 0) is 70.3 Å². The van der Waals surface area contributed by atoms with Crippen LogP contribution in [0.15, 0.2) is 97.1 Å². The Morgan fingerprint density at radius 3 is 2.03 bits per heavy atom. The fraction of sp³-hybridized carbons (Fsp3) is 0.273. The summed E-state index contributed by atoms with van der Waals surface area (Å²) in [5.41, 5.74) is 11.9. The summed E-state index contributed by atoms with van der Waals surface area (Å²) in [6, 6.07) is 24.8. The first-order valence-corrected chi connectivity index (χ1v) is 12.3. The molecule has 0 saturated heterocycles. The van der Waals surface area contributed by atoms with E-state index >= 15 is 0 Å². The van der Waals surface area contributed by atoms with E-state index in [0.717, 1.165) is 0 Å². The summed E-state index contributed by atoms with van der Waals surface area (Å²) >= 11 is 0. The smallest absolute Gasteiger partial charge is 0.0502 e. The summed E-state index contributed by atoms with van der Waals surface area (Å²) in [6.45, 7) is 17.8. The lowest BCUT2D eigenvalue weighted by Gasteiger charge is -2.42. The van der Waals surface area contributed by atoms with Gasteiger partial charge >= 0.3 is 0 Å². The fourth-order valence-corrected chi connectivity index (χ4v) is 5.78. The van der Waals surface area contributed by atoms with Crippen molar-refractivity contribution < 1.29 is 0 Å². The van der Waals surface area contributed by atoms with Gasteiger partial charge in [0.05, 0.1) is 11.4 Å².